The third-order valence-corrected chi connectivity index (χ3v) is 2.92. The van der Waals surface area contributed by atoms with Gasteiger partial charge in [0.15, 0.2) is 0 Å². The Morgan fingerprint density at radius 1 is 1.32 bits per heavy atom. The van der Waals surface area contributed by atoms with E-state index in [0.29, 0.717) is 6.61 Å². The summed E-state index contributed by atoms with van der Waals surface area (Å²) in [6, 6.07) is 9.95. The van der Waals surface area contributed by atoms with Crippen LogP contribution in [0.2, 0.25) is 0 Å². The lowest BCUT2D eigenvalue weighted by Crippen LogP contribution is -2.19. The summed E-state index contributed by atoms with van der Waals surface area (Å²) >= 11 is 0. The summed E-state index contributed by atoms with van der Waals surface area (Å²) in [6.45, 7) is 8.13. The molecule has 0 aliphatic heterocycles. The molecule has 1 unspecified atom stereocenters. The van der Waals surface area contributed by atoms with E-state index in [-0.39, 0.29) is 11.9 Å². The van der Waals surface area contributed by atoms with Crippen LogP contribution in [0.25, 0.3) is 6.08 Å². The molecule has 0 aliphatic rings. The molecule has 0 N–H and O–H groups in total. The Bertz CT molecular complexity index is 432. The van der Waals surface area contributed by atoms with E-state index in [4.69, 9.17) is 4.74 Å². The van der Waals surface area contributed by atoms with Gasteiger partial charge in [-0.1, -0.05) is 62.4 Å². The topological polar surface area (TPSA) is 26.3 Å². The van der Waals surface area contributed by atoms with Crippen molar-refractivity contribution in [3.05, 3.63) is 54.1 Å². The number of benzene rings is 1. The van der Waals surface area contributed by atoms with Crippen molar-refractivity contribution >= 4 is 12.0 Å². The first-order valence-corrected chi connectivity index (χ1v) is 6.78. The van der Waals surface area contributed by atoms with Crippen molar-refractivity contribution in [1.82, 2.24) is 0 Å². The molecule has 0 aromatic heterocycles. The predicted molar refractivity (Wildman–Crippen MR) is 79.6 cm³/mol. The highest BCUT2D eigenvalue weighted by molar-refractivity contribution is 5.79. The third kappa shape index (κ3) is 4.74. The van der Waals surface area contributed by atoms with Crippen LogP contribution in [0.5, 0.6) is 0 Å². The van der Waals surface area contributed by atoms with E-state index in [1.54, 1.807) is 6.08 Å². The first kappa shape index (κ1) is 15.2. The lowest BCUT2D eigenvalue weighted by Gasteiger charge is -2.16. The maximum absolute atomic E-state index is 12.0. The van der Waals surface area contributed by atoms with Gasteiger partial charge in [0, 0.05) is 0 Å². The first-order chi connectivity index (χ1) is 9.22. The van der Waals surface area contributed by atoms with Gasteiger partial charge in [0.25, 0.3) is 0 Å². The molecule has 102 valence electrons. The molecule has 1 aromatic rings. The number of rotatable bonds is 7. The molecule has 0 aliphatic carbocycles. The van der Waals surface area contributed by atoms with Gasteiger partial charge >= 0.3 is 5.97 Å². The second-order valence-corrected chi connectivity index (χ2v) is 4.35. The molecule has 19 heavy (non-hydrogen) atoms. The Kier molecular flexibility index (Phi) is 6.65. The minimum absolute atomic E-state index is 0.161. The fourth-order valence-electron chi connectivity index (χ4n) is 2.00. The Morgan fingerprint density at radius 3 is 2.53 bits per heavy atom. The highest BCUT2D eigenvalue weighted by atomic mass is 16.5. The maximum atomic E-state index is 12.0. The first-order valence-electron chi connectivity index (χ1n) is 6.78. The molecular weight excluding hydrogens is 236 g/mol. The van der Waals surface area contributed by atoms with Gasteiger partial charge in [-0.05, 0) is 24.5 Å². The second kappa shape index (κ2) is 8.30. The SMILES string of the molecule is C=C/C(=C\c1ccccc1)C(CCC)C(=O)OCC. The van der Waals surface area contributed by atoms with Crippen LogP contribution in [0, 0.1) is 5.92 Å². The van der Waals surface area contributed by atoms with Crippen LogP contribution in [-0.4, -0.2) is 12.6 Å². The molecule has 1 rings (SSSR count). The smallest absolute Gasteiger partial charge is 0.313 e. The average molecular weight is 258 g/mol. The van der Waals surface area contributed by atoms with E-state index in [9.17, 15) is 4.79 Å². The molecular formula is C17H22O2. The van der Waals surface area contributed by atoms with Crippen LogP contribution in [-0.2, 0) is 9.53 Å². The zero-order valence-corrected chi connectivity index (χ0v) is 11.8. The molecule has 0 fully saturated rings. The summed E-state index contributed by atoms with van der Waals surface area (Å²) in [7, 11) is 0. The van der Waals surface area contributed by atoms with Gasteiger partial charge in [0.05, 0.1) is 12.5 Å². The van der Waals surface area contributed by atoms with Gasteiger partial charge in [-0.3, -0.25) is 4.79 Å². The lowest BCUT2D eigenvalue weighted by molar-refractivity contribution is -0.146. The van der Waals surface area contributed by atoms with Crippen LogP contribution in [0.4, 0.5) is 0 Å². The standard InChI is InChI=1S/C17H22O2/c1-4-10-16(17(18)19-6-3)15(5-2)13-14-11-8-7-9-12-14/h5,7-9,11-13,16H,2,4,6,10H2,1,3H3/b15-13+. The zero-order valence-electron chi connectivity index (χ0n) is 11.8. The van der Waals surface area contributed by atoms with Crippen molar-refractivity contribution in [1.29, 1.82) is 0 Å². The number of hydrogen-bond donors (Lipinski definition) is 0. The van der Waals surface area contributed by atoms with E-state index in [0.717, 1.165) is 24.0 Å². The summed E-state index contributed by atoms with van der Waals surface area (Å²) < 4.78 is 5.15. The van der Waals surface area contributed by atoms with E-state index >= 15 is 0 Å². The third-order valence-electron chi connectivity index (χ3n) is 2.92. The van der Waals surface area contributed by atoms with Gasteiger partial charge in [0.2, 0.25) is 0 Å². The fourth-order valence-corrected chi connectivity index (χ4v) is 2.00. The summed E-state index contributed by atoms with van der Waals surface area (Å²) in [6.07, 6.45) is 5.47. The molecule has 0 amide bonds. The largest absolute Gasteiger partial charge is 0.466 e. The molecule has 0 bridgehead atoms. The van der Waals surface area contributed by atoms with Crippen LogP contribution in [0.15, 0.2) is 48.6 Å². The van der Waals surface area contributed by atoms with Crippen molar-refractivity contribution in [2.45, 2.75) is 26.7 Å². The Labute approximate surface area is 115 Å². The van der Waals surface area contributed by atoms with Gasteiger partial charge < -0.3 is 4.74 Å². The summed E-state index contributed by atoms with van der Waals surface area (Å²) in [5.74, 6) is -0.380. The number of hydrogen-bond acceptors (Lipinski definition) is 2. The zero-order chi connectivity index (χ0) is 14.1. The minimum atomic E-state index is -0.220. The monoisotopic (exact) mass is 258 g/mol. The average Bonchev–Trinajstić information content (AvgIpc) is 2.44. The summed E-state index contributed by atoms with van der Waals surface area (Å²) in [5.41, 5.74) is 1.99. The minimum Gasteiger partial charge on any atom is -0.466 e. The van der Waals surface area contributed by atoms with E-state index < -0.39 is 0 Å². The highest BCUT2D eigenvalue weighted by Gasteiger charge is 2.21. The van der Waals surface area contributed by atoms with E-state index in [2.05, 4.69) is 13.5 Å². The molecule has 2 heteroatoms. The summed E-state index contributed by atoms with van der Waals surface area (Å²) in [5, 5.41) is 0. The lowest BCUT2D eigenvalue weighted by atomic mass is 9.92. The Hall–Kier alpha value is -1.83. The van der Waals surface area contributed by atoms with Crippen LogP contribution < -0.4 is 0 Å². The van der Waals surface area contributed by atoms with E-state index in [1.165, 1.54) is 0 Å². The molecule has 0 saturated carbocycles. The Morgan fingerprint density at radius 2 is 2.00 bits per heavy atom. The maximum Gasteiger partial charge on any atom is 0.313 e. The second-order valence-electron chi connectivity index (χ2n) is 4.35. The van der Waals surface area contributed by atoms with E-state index in [1.807, 2.05) is 43.3 Å². The fraction of sp³-hybridized carbons (Fsp3) is 0.353. The quantitative estimate of drug-likeness (QED) is 0.540. The Balaban J connectivity index is 2.99. The van der Waals surface area contributed by atoms with Crippen molar-refractivity contribution in [3.8, 4) is 0 Å². The number of allylic oxidation sites excluding steroid dienone is 1. The molecule has 0 heterocycles. The van der Waals surface area contributed by atoms with Crippen LogP contribution >= 0.6 is 0 Å². The van der Waals surface area contributed by atoms with Gasteiger partial charge in [0.1, 0.15) is 0 Å². The van der Waals surface area contributed by atoms with Crippen LogP contribution in [0.1, 0.15) is 32.3 Å². The molecule has 0 radical (unpaired) electrons. The molecule has 1 atom stereocenters. The van der Waals surface area contributed by atoms with Gasteiger partial charge in [-0.25, -0.2) is 0 Å². The van der Waals surface area contributed by atoms with Crippen molar-refractivity contribution < 1.29 is 9.53 Å². The number of carbonyl (C=O) groups excluding carboxylic acids is 1. The predicted octanol–water partition coefficient (Wildman–Crippen LogP) is 4.24. The van der Waals surface area contributed by atoms with Crippen molar-refractivity contribution in [2.75, 3.05) is 6.61 Å². The summed E-state index contributed by atoms with van der Waals surface area (Å²) in [4.78, 5) is 12.0. The van der Waals surface area contributed by atoms with Gasteiger partial charge in [-0.2, -0.15) is 0 Å². The number of esters is 1. The van der Waals surface area contributed by atoms with Crippen molar-refractivity contribution in [2.24, 2.45) is 5.92 Å². The highest BCUT2D eigenvalue weighted by Crippen LogP contribution is 2.22. The van der Waals surface area contributed by atoms with Gasteiger partial charge in [-0.15, -0.1) is 0 Å². The molecule has 0 spiro atoms. The van der Waals surface area contributed by atoms with Crippen LogP contribution in [0.3, 0.4) is 0 Å². The molecule has 1 aromatic carbocycles. The molecule has 0 saturated heterocycles. The van der Waals surface area contributed by atoms with Crippen molar-refractivity contribution in [3.63, 3.8) is 0 Å². The normalized spacial score (nSPS) is 12.8. The molecule has 2 nitrogen and oxygen atoms in total. The number of carbonyl (C=O) groups is 1. The number of ether oxygens (including phenoxy) is 1.